The van der Waals surface area contributed by atoms with Gasteiger partial charge in [0, 0.05) is 18.7 Å². The minimum atomic E-state index is -0.371. The van der Waals surface area contributed by atoms with E-state index >= 15 is 0 Å². The Morgan fingerprint density at radius 1 is 1.29 bits per heavy atom. The van der Waals surface area contributed by atoms with Gasteiger partial charge < -0.3 is 15.0 Å². The lowest BCUT2D eigenvalue weighted by Gasteiger charge is -2.18. The molecule has 0 fully saturated rings. The van der Waals surface area contributed by atoms with Gasteiger partial charge in [0.1, 0.15) is 5.75 Å². The number of hydrogen-bond donors (Lipinski definition) is 1. The molecule has 2 aromatic rings. The van der Waals surface area contributed by atoms with Crippen LogP contribution >= 0.6 is 0 Å². The van der Waals surface area contributed by atoms with Crippen molar-refractivity contribution in [2.24, 2.45) is 0 Å². The van der Waals surface area contributed by atoms with Gasteiger partial charge in [-0.25, -0.2) is 0 Å². The molecule has 0 spiro atoms. The zero-order valence-electron chi connectivity index (χ0n) is 11.6. The van der Waals surface area contributed by atoms with E-state index in [2.05, 4.69) is 10.2 Å². The van der Waals surface area contributed by atoms with Crippen molar-refractivity contribution in [2.45, 2.75) is 6.54 Å². The van der Waals surface area contributed by atoms with E-state index in [9.17, 15) is 10.1 Å². The predicted octanol–water partition coefficient (Wildman–Crippen LogP) is 2.99. The number of ether oxygens (including phenoxy) is 1. The van der Waals surface area contributed by atoms with Gasteiger partial charge in [0.25, 0.3) is 5.69 Å². The fraction of sp³-hybridized carbons (Fsp3) is 0.200. The van der Waals surface area contributed by atoms with E-state index in [4.69, 9.17) is 4.74 Å². The van der Waals surface area contributed by atoms with Crippen LogP contribution in [0, 0.1) is 10.1 Å². The summed E-state index contributed by atoms with van der Waals surface area (Å²) >= 11 is 0. The van der Waals surface area contributed by atoms with E-state index in [0.29, 0.717) is 13.2 Å². The molecule has 0 radical (unpaired) electrons. The van der Waals surface area contributed by atoms with Gasteiger partial charge in [-0.15, -0.1) is 0 Å². The monoisotopic (exact) mass is 285 g/mol. The smallest absolute Gasteiger partial charge is 0.271 e. The highest BCUT2D eigenvalue weighted by atomic mass is 16.6. The Balaban J connectivity index is 1.82. The minimum absolute atomic E-state index is 0.109. The van der Waals surface area contributed by atoms with Crippen LogP contribution < -0.4 is 15.0 Å². The molecule has 1 aliphatic heterocycles. The summed E-state index contributed by atoms with van der Waals surface area (Å²) in [4.78, 5) is 12.6. The molecule has 0 amide bonds. The first kappa shape index (κ1) is 13.2. The Bertz CT molecular complexity index is 670. The van der Waals surface area contributed by atoms with Gasteiger partial charge in [-0.1, -0.05) is 12.1 Å². The first-order valence-corrected chi connectivity index (χ1v) is 6.57. The maximum absolute atomic E-state index is 10.9. The van der Waals surface area contributed by atoms with Gasteiger partial charge in [0.2, 0.25) is 0 Å². The summed E-state index contributed by atoms with van der Waals surface area (Å²) in [5.74, 6) is 0.814. The first-order valence-electron chi connectivity index (χ1n) is 6.57. The van der Waals surface area contributed by atoms with Crippen LogP contribution in [0.15, 0.2) is 42.5 Å². The summed E-state index contributed by atoms with van der Waals surface area (Å²) in [5, 5.41) is 14.1. The zero-order chi connectivity index (χ0) is 14.8. The van der Waals surface area contributed by atoms with Gasteiger partial charge in [0.05, 0.1) is 30.1 Å². The van der Waals surface area contributed by atoms with E-state index in [-0.39, 0.29) is 10.6 Å². The largest absolute Gasteiger partial charge is 0.497 e. The molecule has 0 bridgehead atoms. The third-order valence-corrected chi connectivity index (χ3v) is 3.53. The molecule has 0 saturated heterocycles. The number of nitrogens with zero attached hydrogens (tertiary/aromatic N) is 2. The van der Waals surface area contributed by atoms with Crippen LogP contribution in [0.3, 0.4) is 0 Å². The molecule has 3 rings (SSSR count). The van der Waals surface area contributed by atoms with Crippen molar-refractivity contribution in [1.29, 1.82) is 0 Å². The molecule has 6 nitrogen and oxygen atoms in total. The average Bonchev–Trinajstić information content (AvgIpc) is 2.90. The Kier molecular flexibility index (Phi) is 3.35. The third kappa shape index (κ3) is 2.60. The van der Waals surface area contributed by atoms with Crippen molar-refractivity contribution in [2.75, 3.05) is 24.0 Å². The highest BCUT2D eigenvalue weighted by molar-refractivity contribution is 5.77. The highest BCUT2D eigenvalue weighted by Gasteiger charge is 2.21. The fourth-order valence-electron chi connectivity index (χ4n) is 2.40. The van der Waals surface area contributed by atoms with Crippen LogP contribution in [0.1, 0.15) is 5.56 Å². The second-order valence-corrected chi connectivity index (χ2v) is 4.84. The SMILES string of the molecule is COc1ccc(CN2CNc3ccc([N+](=O)[O-])cc32)cc1. The Morgan fingerprint density at radius 2 is 2.05 bits per heavy atom. The number of nitro benzene ring substituents is 1. The number of benzene rings is 2. The fourth-order valence-corrected chi connectivity index (χ4v) is 2.40. The topological polar surface area (TPSA) is 67.6 Å². The maximum atomic E-state index is 10.9. The molecule has 2 aromatic carbocycles. The molecule has 0 saturated carbocycles. The van der Waals surface area contributed by atoms with Crippen LogP contribution in [0.2, 0.25) is 0 Å². The van der Waals surface area contributed by atoms with E-state index in [1.54, 1.807) is 19.2 Å². The quantitative estimate of drug-likeness (QED) is 0.691. The number of methoxy groups -OCH3 is 1. The van der Waals surface area contributed by atoms with E-state index in [1.807, 2.05) is 24.3 Å². The second kappa shape index (κ2) is 5.32. The minimum Gasteiger partial charge on any atom is -0.497 e. The van der Waals surface area contributed by atoms with Gasteiger partial charge in [0.15, 0.2) is 0 Å². The molecular weight excluding hydrogens is 270 g/mol. The van der Waals surface area contributed by atoms with Crippen molar-refractivity contribution in [3.63, 3.8) is 0 Å². The summed E-state index contributed by atoms with van der Waals surface area (Å²) < 4.78 is 5.14. The molecule has 0 aromatic heterocycles. The average molecular weight is 285 g/mol. The number of nitrogens with one attached hydrogen (secondary N) is 1. The molecule has 108 valence electrons. The van der Waals surface area contributed by atoms with Crippen LogP contribution in [0.5, 0.6) is 5.75 Å². The molecule has 1 N–H and O–H groups in total. The standard InChI is InChI=1S/C15H15N3O3/c1-21-13-5-2-11(3-6-13)9-17-10-16-14-7-4-12(18(19)20)8-15(14)17/h2-8,16H,9-10H2,1H3. The Hall–Kier alpha value is -2.76. The molecule has 0 unspecified atom stereocenters. The van der Waals surface area contributed by atoms with Gasteiger partial charge >= 0.3 is 0 Å². The van der Waals surface area contributed by atoms with Crippen molar-refractivity contribution in [1.82, 2.24) is 0 Å². The van der Waals surface area contributed by atoms with E-state index in [0.717, 1.165) is 22.7 Å². The van der Waals surface area contributed by atoms with E-state index in [1.165, 1.54) is 6.07 Å². The number of non-ortho nitro benzene ring substituents is 1. The lowest BCUT2D eigenvalue weighted by Crippen LogP contribution is -2.22. The molecule has 21 heavy (non-hydrogen) atoms. The number of fused-ring (bicyclic) bond motifs is 1. The lowest BCUT2D eigenvalue weighted by molar-refractivity contribution is -0.384. The number of rotatable bonds is 4. The Morgan fingerprint density at radius 3 is 2.71 bits per heavy atom. The van der Waals surface area contributed by atoms with Crippen LogP contribution in [-0.2, 0) is 6.54 Å². The highest BCUT2D eigenvalue weighted by Crippen LogP contribution is 2.35. The molecule has 0 aliphatic carbocycles. The van der Waals surface area contributed by atoms with Crippen LogP contribution in [0.25, 0.3) is 0 Å². The summed E-state index contributed by atoms with van der Waals surface area (Å²) in [6.07, 6.45) is 0. The lowest BCUT2D eigenvalue weighted by atomic mass is 10.2. The Labute approximate surface area is 122 Å². The number of hydrogen-bond acceptors (Lipinski definition) is 5. The van der Waals surface area contributed by atoms with Gasteiger partial charge in [-0.2, -0.15) is 0 Å². The molecule has 1 aliphatic rings. The van der Waals surface area contributed by atoms with Crippen molar-refractivity contribution >= 4 is 17.1 Å². The molecular formula is C15H15N3O3. The summed E-state index contributed by atoms with van der Waals surface area (Å²) in [6, 6.07) is 12.7. The second-order valence-electron chi connectivity index (χ2n) is 4.84. The predicted molar refractivity (Wildman–Crippen MR) is 80.8 cm³/mol. The maximum Gasteiger partial charge on any atom is 0.271 e. The molecule has 0 atom stereocenters. The zero-order valence-corrected chi connectivity index (χ0v) is 11.6. The van der Waals surface area contributed by atoms with Crippen molar-refractivity contribution in [3.05, 3.63) is 58.1 Å². The summed E-state index contributed by atoms with van der Waals surface area (Å²) in [7, 11) is 1.63. The van der Waals surface area contributed by atoms with E-state index < -0.39 is 0 Å². The van der Waals surface area contributed by atoms with Gasteiger partial charge in [-0.05, 0) is 23.8 Å². The van der Waals surface area contributed by atoms with Crippen molar-refractivity contribution in [3.8, 4) is 5.75 Å². The van der Waals surface area contributed by atoms with Crippen molar-refractivity contribution < 1.29 is 9.66 Å². The molecule has 1 heterocycles. The summed E-state index contributed by atoms with van der Waals surface area (Å²) in [6.45, 7) is 1.33. The number of anilines is 2. The van der Waals surface area contributed by atoms with Crippen LogP contribution in [0.4, 0.5) is 17.1 Å². The number of nitro groups is 1. The molecule has 6 heteroatoms. The third-order valence-electron chi connectivity index (χ3n) is 3.53. The van der Waals surface area contributed by atoms with Crippen LogP contribution in [-0.4, -0.2) is 18.7 Å². The first-order chi connectivity index (χ1) is 10.2. The normalized spacial score (nSPS) is 12.7. The summed E-state index contributed by atoms with van der Waals surface area (Å²) in [5.41, 5.74) is 3.02. The van der Waals surface area contributed by atoms with Gasteiger partial charge in [-0.3, -0.25) is 10.1 Å².